The van der Waals surface area contributed by atoms with Crippen molar-refractivity contribution >= 4 is 0 Å². The molecular weight excluding hydrogens is 170 g/mol. The van der Waals surface area contributed by atoms with Crippen LogP contribution >= 0.6 is 0 Å². The maximum atomic E-state index is 9.98. The summed E-state index contributed by atoms with van der Waals surface area (Å²) in [5.41, 5.74) is 4.58. The molecule has 0 amide bonds. The fourth-order valence-electron chi connectivity index (χ4n) is 0.862. The SMILES string of the molecule is CCOCC(O)(COCC)C(C)N. The highest BCUT2D eigenvalue weighted by Crippen LogP contribution is 2.10. The highest BCUT2D eigenvalue weighted by atomic mass is 16.5. The minimum Gasteiger partial charge on any atom is -0.383 e. The van der Waals surface area contributed by atoms with Gasteiger partial charge in [0.1, 0.15) is 5.60 Å². The lowest BCUT2D eigenvalue weighted by molar-refractivity contribution is -0.103. The monoisotopic (exact) mass is 191 g/mol. The van der Waals surface area contributed by atoms with E-state index in [1.165, 1.54) is 0 Å². The molecule has 3 N–H and O–H groups in total. The van der Waals surface area contributed by atoms with Gasteiger partial charge >= 0.3 is 0 Å². The molecule has 0 fully saturated rings. The van der Waals surface area contributed by atoms with E-state index in [1.807, 2.05) is 13.8 Å². The zero-order valence-corrected chi connectivity index (χ0v) is 8.75. The molecule has 80 valence electrons. The van der Waals surface area contributed by atoms with Gasteiger partial charge in [0.05, 0.1) is 13.2 Å². The average molecular weight is 191 g/mol. The van der Waals surface area contributed by atoms with E-state index < -0.39 is 5.60 Å². The molecule has 0 bridgehead atoms. The van der Waals surface area contributed by atoms with Crippen LogP contribution in [0.4, 0.5) is 0 Å². The molecule has 0 aromatic carbocycles. The highest BCUT2D eigenvalue weighted by Gasteiger charge is 2.32. The summed E-state index contributed by atoms with van der Waals surface area (Å²) < 4.78 is 10.3. The standard InChI is InChI=1S/C9H21NO3/c1-4-12-6-9(11,8(3)10)7-13-5-2/h8,11H,4-7,10H2,1-3H3. The van der Waals surface area contributed by atoms with E-state index in [1.54, 1.807) is 6.92 Å². The topological polar surface area (TPSA) is 64.7 Å². The minimum atomic E-state index is -1.06. The second kappa shape index (κ2) is 6.32. The fraction of sp³-hybridized carbons (Fsp3) is 1.00. The van der Waals surface area contributed by atoms with Gasteiger partial charge in [-0.3, -0.25) is 0 Å². The quantitative estimate of drug-likeness (QED) is 0.600. The van der Waals surface area contributed by atoms with Gasteiger partial charge in [-0.05, 0) is 20.8 Å². The van der Waals surface area contributed by atoms with E-state index in [-0.39, 0.29) is 19.3 Å². The summed E-state index contributed by atoms with van der Waals surface area (Å²) in [5.74, 6) is 0. The Balaban J connectivity index is 4.00. The number of nitrogens with two attached hydrogens (primary N) is 1. The van der Waals surface area contributed by atoms with Gasteiger partial charge in [-0.2, -0.15) is 0 Å². The van der Waals surface area contributed by atoms with Crippen LogP contribution < -0.4 is 5.73 Å². The van der Waals surface area contributed by atoms with Gasteiger partial charge in [-0.25, -0.2) is 0 Å². The molecule has 0 aromatic rings. The molecular formula is C9H21NO3. The average Bonchev–Trinajstić information content (AvgIpc) is 2.11. The first-order valence-electron chi connectivity index (χ1n) is 4.70. The fourth-order valence-corrected chi connectivity index (χ4v) is 0.862. The summed E-state index contributed by atoms with van der Waals surface area (Å²) in [5, 5.41) is 9.98. The van der Waals surface area contributed by atoms with Gasteiger partial charge in [0.25, 0.3) is 0 Å². The largest absolute Gasteiger partial charge is 0.383 e. The van der Waals surface area contributed by atoms with Crippen molar-refractivity contribution in [3.05, 3.63) is 0 Å². The number of hydrogen-bond donors (Lipinski definition) is 2. The third-order valence-corrected chi connectivity index (χ3v) is 1.96. The molecule has 0 heterocycles. The van der Waals surface area contributed by atoms with Crippen molar-refractivity contribution in [2.45, 2.75) is 32.4 Å². The first kappa shape index (κ1) is 12.8. The molecule has 0 aromatic heterocycles. The summed E-state index contributed by atoms with van der Waals surface area (Å²) in [7, 11) is 0. The molecule has 0 saturated heterocycles. The summed E-state index contributed by atoms with van der Waals surface area (Å²) in [6.45, 7) is 7.09. The minimum absolute atomic E-state index is 0.223. The molecule has 0 aliphatic heterocycles. The Morgan fingerprint density at radius 2 is 1.62 bits per heavy atom. The van der Waals surface area contributed by atoms with Crippen molar-refractivity contribution in [1.82, 2.24) is 0 Å². The molecule has 4 nitrogen and oxygen atoms in total. The summed E-state index contributed by atoms with van der Waals surface area (Å²) in [6, 6.07) is -0.356. The molecule has 1 unspecified atom stereocenters. The second-order valence-electron chi connectivity index (χ2n) is 3.17. The van der Waals surface area contributed by atoms with Crippen molar-refractivity contribution in [3.8, 4) is 0 Å². The number of hydrogen-bond acceptors (Lipinski definition) is 4. The van der Waals surface area contributed by atoms with Crippen LogP contribution in [0.3, 0.4) is 0 Å². The van der Waals surface area contributed by atoms with E-state index in [2.05, 4.69) is 0 Å². The molecule has 1 atom stereocenters. The van der Waals surface area contributed by atoms with Crippen LogP contribution in [-0.2, 0) is 9.47 Å². The molecule has 13 heavy (non-hydrogen) atoms. The van der Waals surface area contributed by atoms with Gasteiger partial charge in [0, 0.05) is 19.3 Å². The number of ether oxygens (including phenoxy) is 2. The van der Waals surface area contributed by atoms with Gasteiger partial charge in [0.15, 0.2) is 0 Å². The molecule has 0 spiro atoms. The van der Waals surface area contributed by atoms with E-state index in [0.717, 1.165) is 0 Å². The van der Waals surface area contributed by atoms with E-state index in [9.17, 15) is 5.11 Å². The Labute approximate surface area is 80.0 Å². The van der Waals surface area contributed by atoms with Crippen molar-refractivity contribution in [3.63, 3.8) is 0 Å². The maximum absolute atomic E-state index is 9.98. The molecule has 0 rings (SSSR count). The lowest BCUT2D eigenvalue weighted by atomic mass is 9.98. The molecule has 0 aliphatic rings. The van der Waals surface area contributed by atoms with Crippen molar-refractivity contribution < 1.29 is 14.6 Å². The predicted molar refractivity (Wildman–Crippen MR) is 51.6 cm³/mol. The Bertz CT molecular complexity index is 120. The third-order valence-electron chi connectivity index (χ3n) is 1.96. The first-order valence-corrected chi connectivity index (χ1v) is 4.70. The molecule has 0 aliphatic carbocycles. The van der Waals surface area contributed by atoms with Gasteiger partial charge in [-0.15, -0.1) is 0 Å². The van der Waals surface area contributed by atoms with Crippen molar-refractivity contribution in [2.75, 3.05) is 26.4 Å². The van der Waals surface area contributed by atoms with Crippen LogP contribution in [0.1, 0.15) is 20.8 Å². The van der Waals surface area contributed by atoms with Crippen LogP contribution in [0.15, 0.2) is 0 Å². The Morgan fingerprint density at radius 1 is 1.23 bits per heavy atom. The van der Waals surface area contributed by atoms with Crippen LogP contribution in [0.25, 0.3) is 0 Å². The zero-order chi connectivity index (χ0) is 10.3. The summed E-state index contributed by atoms with van der Waals surface area (Å²) >= 11 is 0. The smallest absolute Gasteiger partial charge is 0.126 e. The van der Waals surface area contributed by atoms with Gasteiger partial charge < -0.3 is 20.3 Å². The lowest BCUT2D eigenvalue weighted by Gasteiger charge is -2.31. The van der Waals surface area contributed by atoms with Crippen molar-refractivity contribution in [2.24, 2.45) is 5.73 Å². The van der Waals surface area contributed by atoms with E-state index >= 15 is 0 Å². The van der Waals surface area contributed by atoms with Gasteiger partial charge in [-0.1, -0.05) is 0 Å². The maximum Gasteiger partial charge on any atom is 0.126 e. The summed E-state index contributed by atoms with van der Waals surface area (Å²) in [4.78, 5) is 0. The predicted octanol–water partition coefficient (Wildman–Crippen LogP) is 0.138. The van der Waals surface area contributed by atoms with Crippen LogP contribution in [0.2, 0.25) is 0 Å². The molecule has 0 saturated carbocycles. The van der Waals surface area contributed by atoms with Crippen LogP contribution in [-0.4, -0.2) is 43.2 Å². The van der Waals surface area contributed by atoms with Crippen LogP contribution in [0.5, 0.6) is 0 Å². The Morgan fingerprint density at radius 3 is 1.85 bits per heavy atom. The van der Waals surface area contributed by atoms with E-state index in [4.69, 9.17) is 15.2 Å². The van der Waals surface area contributed by atoms with E-state index in [0.29, 0.717) is 13.2 Å². The zero-order valence-electron chi connectivity index (χ0n) is 8.75. The lowest BCUT2D eigenvalue weighted by Crippen LogP contribution is -2.53. The molecule has 4 heteroatoms. The van der Waals surface area contributed by atoms with Crippen LogP contribution in [0, 0.1) is 0 Å². The Kier molecular flexibility index (Phi) is 6.24. The molecule has 0 radical (unpaired) electrons. The van der Waals surface area contributed by atoms with Gasteiger partial charge in [0.2, 0.25) is 0 Å². The summed E-state index contributed by atoms with van der Waals surface area (Å²) in [6.07, 6.45) is 0. The second-order valence-corrected chi connectivity index (χ2v) is 3.17. The third kappa shape index (κ3) is 4.57. The normalized spacial score (nSPS) is 14.5. The van der Waals surface area contributed by atoms with Crippen molar-refractivity contribution in [1.29, 1.82) is 0 Å². The Hall–Kier alpha value is -0.160. The first-order chi connectivity index (χ1) is 6.06. The number of rotatable bonds is 7. The highest BCUT2D eigenvalue weighted by molar-refractivity contribution is 4.86. The number of aliphatic hydroxyl groups is 1.